The number of amides is 1. The second kappa shape index (κ2) is 12.6. The molecule has 1 amide bonds. The molecule has 0 saturated heterocycles. The molecular formula is C24H37NO4. The Labute approximate surface area is 175 Å². The molecule has 5 nitrogen and oxygen atoms in total. The first-order chi connectivity index (χ1) is 14.1. The lowest BCUT2D eigenvalue weighted by Gasteiger charge is -2.24. The highest BCUT2D eigenvalue weighted by Gasteiger charge is 2.32. The lowest BCUT2D eigenvalue weighted by Crippen LogP contribution is -2.33. The van der Waals surface area contributed by atoms with Crippen molar-refractivity contribution in [3.8, 4) is 0 Å². The van der Waals surface area contributed by atoms with Crippen LogP contribution in [0.25, 0.3) is 0 Å². The number of methoxy groups -OCH3 is 1. The number of aliphatic hydroxyl groups excluding tert-OH is 1. The molecule has 0 bridgehead atoms. The lowest BCUT2D eigenvalue weighted by atomic mass is 9.98. The van der Waals surface area contributed by atoms with Crippen molar-refractivity contribution in [2.24, 2.45) is 0 Å². The van der Waals surface area contributed by atoms with Gasteiger partial charge in [-0.25, -0.2) is 0 Å². The van der Waals surface area contributed by atoms with Crippen LogP contribution in [0.15, 0.2) is 18.2 Å². The van der Waals surface area contributed by atoms with Crippen LogP contribution in [0, 0.1) is 0 Å². The molecule has 1 N–H and O–H groups in total. The zero-order valence-corrected chi connectivity index (χ0v) is 18.1. The normalized spacial score (nSPS) is 14.2. The minimum atomic E-state index is -0.227. The predicted molar refractivity (Wildman–Crippen MR) is 115 cm³/mol. The lowest BCUT2D eigenvalue weighted by molar-refractivity contribution is -0.141. The third kappa shape index (κ3) is 7.14. The van der Waals surface area contributed by atoms with Crippen LogP contribution >= 0.6 is 0 Å². The number of benzene rings is 1. The van der Waals surface area contributed by atoms with Crippen LogP contribution in [-0.4, -0.2) is 41.6 Å². The van der Waals surface area contributed by atoms with Crippen LogP contribution in [0.4, 0.5) is 0 Å². The molecule has 2 rings (SSSR count). The second-order valence-electron chi connectivity index (χ2n) is 8.14. The summed E-state index contributed by atoms with van der Waals surface area (Å²) in [5, 5.41) is 8.79. The molecule has 0 aliphatic carbocycles. The average molecular weight is 404 g/mol. The summed E-state index contributed by atoms with van der Waals surface area (Å²) in [5.41, 5.74) is 3.30. The molecule has 1 unspecified atom stereocenters. The van der Waals surface area contributed by atoms with Crippen molar-refractivity contribution in [1.29, 1.82) is 0 Å². The number of aryl methyl sites for hydroxylation is 1. The monoisotopic (exact) mass is 403 g/mol. The van der Waals surface area contributed by atoms with Gasteiger partial charge in [0.15, 0.2) is 0 Å². The molecule has 0 spiro atoms. The quantitative estimate of drug-likeness (QED) is 0.363. The van der Waals surface area contributed by atoms with E-state index in [4.69, 9.17) is 9.84 Å². The van der Waals surface area contributed by atoms with Gasteiger partial charge >= 0.3 is 5.97 Å². The van der Waals surface area contributed by atoms with Gasteiger partial charge in [-0.1, -0.05) is 50.7 Å². The molecule has 162 valence electrons. The number of carbonyl (C=O) groups excluding carboxylic acids is 2. The van der Waals surface area contributed by atoms with E-state index >= 15 is 0 Å². The van der Waals surface area contributed by atoms with Gasteiger partial charge in [-0.15, -0.1) is 0 Å². The Hall–Kier alpha value is -1.88. The molecule has 1 aliphatic heterocycles. The van der Waals surface area contributed by atoms with Crippen molar-refractivity contribution in [2.45, 2.75) is 90.1 Å². The number of nitrogens with zero attached hydrogens (tertiary/aromatic N) is 1. The van der Waals surface area contributed by atoms with E-state index in [1.165, 1.54) is 50.3 Å². The number of carbonyl (C=O) groups is 2. The molecule has 0 saturated carbocycles. The first-order valence-corrected chi connectivity index (χ1v) is 11.2. The third-order valence-electron chi connectivity index (χ3n) is 5.97. The second-order valence-corrected chi connectivity index (χ2v) is 8.14. The fraction of sp³-hybridized carbons (Fsp3) is 0.667. The average Bonchev–Trinajstić information content (AvgIpc) is 3.08. The molecule has 29 heavy (non-hydrogen) atoms. The highest BCUT2D eigenvalue weighted by atomic mass is 16.5. The Bertz CT molecular complexity index is 658. The summed E-state index contributed by atoms with van der Waals surface area (Å²) in [6.45, 7) is 2.97. The van der Waals surface area contributed by atoms with Gasteiger partial charge in [-0.2, -0.15) is 0 Å². The van der Waals surface area contributed by atoms with Crippen molar-refractivity contribution in [1.82, 2.24) is 4.90 Å². The summed E-state index contributed by atoms with van der Waals surface area (Å²) in [6.07, 6.45) is 11.4. The van der Waals surface area contributed by atoms with Crippen molar-refractivity contribution in [2.75, 3.05) is 13.7 Å². The van der Waals surface area contributed by atoms with Crippen LogP contribution in [0.3, 0.4) is 0 Å². The van der Waals surface area contributed by atoms with E-state index in [9.17, 15) is 9.59 Å². The van der Waals surface area contributed by atoms with Crippen molar-refractivity contribution >= 4 is 11.9 Å². The third-order valence-corrected chi connectivity index (χ3v) is 5.97. The summed E-state index contributed by atoms with van der Waals surface area (Å²) in [6, 6.07) is 6.10. The van der Waals surface area contributed by atoms with Gasteiger partial charge in [0.1, 0.15) is 0 Å². The topological polar surface area (TPSA) is 66.8 Å². The summed E-state index contributed by atoms with van der Waals surface area (Å²) >= 11 is 0. The summed E-state index contributed by atoms with van der Waals surface area (Å²) in [4.78, 5) is 26.1. The molecule has 1 aromatic carbocycles. The molecule has 1 aliphatic rings. The highest BCUT2D eigenvalue weighted by molar-refractivity contribution is 5.99. The first-order valence-electron chi connectivity index (χ1n) is 11.2. The Morgan fingerprint density at radius 1 is 1.10 bits per heavy atom. The fourth-order valence-corrected chi connectivity index (χ4v) is 4.08. The molecule has 1 aromatic rings. The van der Waals surface area contributed by atoms with Crippen LogP contribution in [0.2, 0.25) is 0 Å². The molecule has 0 radical (unpaired) electrons. The van der Waals surface area contributed by atoms with E-state index in [-0.39, 0.29) is 17.9 Å². The predicted octanol–water partition coefficient (Wildman–Crippen LogP) is 4.64. The molecule has 1 atom stereocenters. The van der Waals surface area contributed by atoms with E-state index in [1.54, 1.807) is 0 Å². The van der Waals surface area contributed by atoms with Crippen LogP contribution in [0.5, 0.6) is 0 Å². The molecule has 0 aromatic heterocycles. The van der Waals surface area contributed by atoms with E-state index < -0.39 is 0 Å². The van der Waals surface area contributed by atoms with Gasteiger partial charge in [0, 0.05) is 31.2 Å². The molecule has 5 heteroatoms. The number of hydrogen-bond donors (Lipinski definition) is 1. The van der Waals surface area contributed by atoms with Gasteiger partial charge in [0.05, 0.1) is 7.11 Å². The summed E-state index contributed by atoms with van der Waals surface area (Å²) < 4.78 is 4.72. The van der Waals surface area contributed by atoms with Crippen LogP contribution in [0.1, 0.15) is 92.6 Å². The standard InChI is InChI=1S/C24H37NO4/c1-19(15-16-23(27)29-2)25-18-22-20(13-11-14-21(22)24(25)28)12-9-7-5-3-4-6-8-10-17-26/h11,13-14,19,26H,3-10,12,15-18H2,1-2H3. The Morgan fingerprint density at radius 2 is 1.76 bits per heavy atom. The minimum Gasteiger partial charge on any atom is -0.469 e. The maximum absolute atomic E-state index is 12.8. The maximum atomic E-state index is 12.8. The van der Waals surface area contributed by atoms with Crippen molar-refractivity contribution in [3.05, 3.63) is 34.9 Å². The number of fused-ring (bicyclic) bond motifs is 1. The van der Waals surface area contributed by atoms with Crippen LogP contribution in [-0.2, 0) is 22.5 Å². The van der Waals surface area contributed by atoms with E-state index in [0.29, 0.717) is 26.0 Å². The van der Waals surface area contributed by atoms with Gasteiger partial charge < -0.3 is 14.7 Å². The highest BCUT2D eigenvalue weighted by Crippen LogP contribution is 2.29. The zero-order valence-electron chi connectivity index (χ0n) is 18.1. The largest absolute Gasteiger partial charge is 0.469 e. The molecule has 1 heterocycles. The van der Waals surface area contributed by atoms with Gasteiger partial charge in [0.2, 0.25) is 0 Å². The van der Waals surface area contributed by atoms with Crippen molar-refractivity contribution in [3.63, 3.8) is 0 Å². The van der Waals surface area contributed by atoms with Gasteiger partial charge in [-0.3, -0.25) is 9.59 Å². The van der Waals surface area contributed by atoms with Gasteiger partial charge in [-0.05, 0) is 49.8 Å². The number of ether oxygens (including phenoxy) is 1. The van der Waals surface area contributed by atoms with E-state index in [1.807, 2.05) is 24.0 Å². The first kappa shape index (κ1) is 23.4. The van der Waals surface area contributed by atoms with Gasteiger partial charge in [0.25, 0.3) is 5.91 Å². The fourth-order valence-electron chi connectivity index (χ4n) is 4.08. The zero-order chi connectivity index (χ0) is 21.1. The number of hydrogen-bond acceptors (Lipinski definition) is 4. The molecule has 0 fully saturated rings. The smallest absolute Gasteiger partial charge is 0.305 e. The molecular weight excluding hydrogens is 366 g/mol. The number of unbranched alkanes of at least 4 members (excludes halogenated alkanes) is 7. The Morgan fingerprint density at radius 3 is 2.41 bits per heavy atom. The number of aliphatic hydroxyl groups is 1. The number of esters is 1. The summed E-state index contributed by atoms with van der Waals surface area (Å²) in [5.74, 6) is -0.141. The summed E-state index contributed by atoms with van der Waals surface area (Å²) in [7, 11) is 1.40. The van der Waals surface area contributed by atoms with E-state index in [2.05, 4.69) is 6.07 Å². The maximum Gasteiger partial charge on any atom is 0.305 e. The Balaban J connectivity index is 1.78. The Kier molecular flexibility index (Phi) is 10.2. The number of rotatable bonds is 14. The SMILES string of the molecule is COC(=O)CCC(C)N1Cc2c(CCCCCCCCCCO)cccc2C1=O. The van der Waals surface area contributed by atoms with Crippen LogP contribution < -0.4 is 0 Å². The van der Waals surface area contributed by atoms with Crippen molar-refractivity contribution < 1.29 is 19.4 Å². The van der Waals surface area contributed by atoms with E-state index in [0.717, 1.165) is 31.2 Å². The minimum absolute atomic E-state index is 0.0210.